The molecule has 118 valence electrons. The maximum Gasteiger partial charge on any atom is 0.0184 e. The molecular formula is C17H34N2S. The summed E-state index contributed by atoms with van der Waals surface area (Å²) in [5.41, 5.74) is 0.531. The number of nitrogens with zero attached hydrogens (tertiary/aromatic N) is 1. The third-order valence-corrected chi connectivity index (χ3v) is 6.83. The van der Waals surface area contributed by atoms with Crippen LogP contribution >= 0.6 is 11.8 Å². The van der Waals surface area contributed by atoms with Crippen LogP contribution in [0.2, 0.25) is 0 Å². The summed E-state index contributed by atoms with van der Waals surface area (Å²) in [5, 5.41) is 4.46. The molecule has 0 spiro atoms. The molecule has 0 bridgehead atoms. The van der Waals surface area contributed by atoms with Crippen LogP contribution < -0.4 is 5.32 Å². The Kier molecular flexibility index (Phi) is 6.25. The fourth-order valence-corrected chi connectivity index (χ4v) is 5.33. The van der Waals surface area contributed by atoms with Gasteiger partial charge in [-0.15, -0.1) is 0 Å². The van der Waals surface area contributed by atoms with Crippen molar-refractivity contribution in [3.05, 3.63) is 0 Å². The molecule has 2 aliphatic rings. The molecule has 2 rings (SSSR count). The standard InChI is InChI=1S/C17H34N2S/c1-5-18-12-17(8-6-7-14(2)11-17)13-19-9-10-20-16(4)15(19)3/h14-16,18H,5-13H2,1-4H3. The van der Waals surface area contributed by atoms with Gasteiger partial charge in [0.2, 0.25) is 0 Å². The van der Waals surface area contributed by atoms with Crippen molar-refractivity contribution in [3.63, 3.8) is 0 Å². The smallest absolute Gasteiger partial charge is 0.0184 e. The fraction of sp³-hybridized carbons (Fsp3) is 1.00. The minimum absolute atomic E-state index is 0.531. The highest BCUT2D eigenvalue weighted by molar-refractivity contribution is 8.00. The van der Waals surface area contributed by atoms with Gasteiger partial charge in [0.25, 0.3) is 0 Å². The van der Waals surface area contributed by atoms with Gasteiger partial charge < -0.3 is 5.32 Å². The van der Waals surface area contributed by atoms with Crippen LogP contribution in [0.4, 0.5) is 0 Å². The largest absolute Gasteiger partial charge is 0.316 e. The van der Waals surface area contributed by atoms with Gasteiger partial charge in [-0.25, -0.2) is 0 Å². The first kappa shape index (κ1) is 16.6. The average molecular weight is 299 g/mol. The van der Waals surface area contributed by atoms with Gasteiger partial charge in [-0.2, -0.15) is 11.8 Å². The van der Waals surface area contributed by atoms with Crippen LogP contribution in [0.1, 0.15) is 53.4 Å². The van der Waals surface area contributed by atoms with E-state index in [4.69, 9.17) is 0 Å². The minimum Gasteiger partial charge on any atom is -0.316 e. The van der Waals surface area contributed by atoms with Crippen LogP contribution in [-0.2, 0) is 0 Å². The van der Waals surface area contributed by atoms with Crippen LogP contribution in [0.25, 0.3) is 0 Å². The lowest BCUT2D eigenvalue weighted by Crippen LogP contribution is -2.53. The average Bonchev–Trinajstić information content (AvgIpc) is 2.42. The van der Waals surface area contributed by atoms with E-state index >= 15 is 0 Å². The second-order valence-corrected chi connectivity index (χ2v) is 8.75. The van der Waals surface area contributed by atoms with Crippen LogP contribution in [0, 0.1) is 11.3 Å². The number of hydrogen-bond donors (Lipinski definition) is 1. The third-order valence-electron chi connectivity index (χ3n) is 5.49. The van der Waals surface area contributed by atoms with Crippen molar-refractivity contribution in [2.24, 2.45) is 11.3 Å². The summed E-state index contributed by atoms with van der Waals surface area (Å²) in [4.78, 5) is 2.79. The van der Waals surface area contributed by atoms with E-state index in [1.54, 1.807) is 0 Å². The Labute approximate surface area is 130 Å². The molecule has 0 aromatic rings. The third kappa shape index (κ3) is 4.14. The highest BCUT2D eigenvalue weighted by atomic mass is 32.2. The van der Waals surface area contributed by atoms with Gasteiger partial charge in [0, 0.05) is 36.7 Å². The number of thioether (sulfide) groups is 1. The highest BCUT2D eigenvalue weighted by Crippen LogP contribution is 2.41. The molecule has 1 aliphatic heterocycles. The van der Waals surface area contributed by atoms with E-state index in [-0.39, 0.29) is 0 Å². The van der Waals surface area contributed by atoms with Crippen molar-refractivity contribution in [1.29, 1.82) is 0 Å². The summed E-state index contributed by atoms with van der Waals surface area (Å²) in [6.07, 6.45) is 5.72. The van der Waals surface area contributed by atoms with Crippen LogP contribution in [0.3, 0.4) is 0 Å². The molecule has 3 heteroatoms. The summed E-state index contributed by atoms with van der Waals surface area (Å²) < 4.78 is 0. The van der Waals surface area contributed by atoms with Gasteiger partial charge in [-0.3, -0.25) is 4.90 Å². The highest BCUT2D eigenvalue weighted by Gasteiger charge is 2.38. The summed E-state index contributed by atoms with van der Waals surface area (Å²) >= 11 is 2.15. The molecule has 1 saturated carbocycles. The van der Waals surface area contributed by atoms with Gasteiger partial charge in [-0.1, -0.05) is 33.6 Å². The molecule has 1 saturated heterocycles. The molecule has 0 radical (unpaired) electrons. The van der Waals surface area contributed by atoms with Gasteiger partial charge in [0.1, 0.15) is 0 Å². The normalized spacial score (nSPS) is 39.9. The first-order valence-corrected chi connectivity index (χ1v) is 9.67. The van der Waals surface area contributed by atoms with Gasteiger partial charge >= 0.3 is 0 Å². The quantitative estimate of drug-likeness (QED) is 0.834. The zero-order valence-corrected chi connectivity index (χ0v) is 14.8. The Morgan fingerprint density at radius 3 is 2.80 bits per heavy atom. The lowest BCUT2D eigenvalue weighted by atomic mass is 9.69. The summed E-state index contributed by atoms with van der Waals surface area (Å²) in [6, 6.07) is 0.740. The SMILES string of the molecule is CCNCC1(CN2CCSC(C)C2C)CCCC(C)C1. The summed E-state index contributed by atoms with van der Waals surface area (Å²) in [5.74, 6) is 2.23. The van der Waals surface area contributed by atoms with E-state index in [0.717, 1.165) is 23.8 Å². The first-order valence-electron chi connectivity index (χ1n) is 8.63. The molecule has 0 amide bonds. The Morgan fingerprint density at radius 1 is 1.30 bits per heavy atom. The summed E-state index contributed by atoms with van der Waals surface area (Å²) in [6.45, 7) is 14.5. The Balaban J connectivity index is 2.02. The zero-order chi connectivity index (χ0) is 14.6. The molecule has 20 heavy (non-hydrogen) atoms. The van der Waals surface area contributed by atoms with E-state index in [1.165, 1.54) is 51.1 Å². The summed E-state index contributed by atoms with van der Waals surface area (Å²) in [7, 11) is 0. The second kappa shape index (κ2) is 7.51. The van der Waals surface area contributed by atoms with Crippen molar-refractivity contribution >= 4 is 11.8 Å². The molecule has 4 atom stereocenters. The van der Waals surface area contributed by atoms with Gasteiger partial charge in [-0.05, 0) is 37.6 Å². The first-order chi connectivity index (χ1) is 9.56. The van der Waals surface area contributed by atoms with Crippen molar-refractivity contribution in [1.82, 2.24) is 10.2 Å². The van der Waals surface area contributed by atoms with E-state index in [2.05, 4.69) is 49.7 Å². The lowest BCUT2D eigenvalue weighted by molar-refractivity contribution is 0.0632. The van der Waals surface area contributed by atoms with Gasteiger partial charge in [0.15, 0.2) is 0 Å². The Morgan fingerprint density at radius 2 is 2.10 bits per heavy atom. The zero-order valence-electron chi connectivity index (χ0n) is 14.0. The monoisotopic (exact) mass is 298 g/mol. The van der Waals surface area contributed by atoms with Crippen molar-refractivity contribution in [2.45, 2.75) is 64.7 Å². The maximum atomic E-state index is 3.66. The van der Waals surface area contributed by atoms with E-state index in [1.807, 2.05) is 0 Å². The van der Waals surface area contributed by atoms with Crippen LogP contribution in [-0.4, -0.2) is 48.1 Å². The second-order valence-electron chi connectivity index (χ2n) is 7.27. The van der Waals surface area contributed by atoms with Crippen molar-refractivity contribution in [3.8, 4) is 0 Å². The number of rotatable bonds is 5. The topological polar surface area (TPSA) is 15.3 Å². The number of hydrogen-bond acceptors (Lipinski definition) is 3. The lowest BCUT2D eigenvalue weighted by Gasteiger charge is -2.47. The molecule has 1 aliphatic carbocycles. The Hall–Kier alpha value is 0.270. The molecule has 1 heterocycles. The van der Waals surface area contributed by atoms with E-state index < -0.39 is 0 Å². The fourth-order valence-electron chi connectivity index (χ4n) is 4.17. The number of nitrogens with one attached hydrogen (secondary N) is 1. The molecular weight excluding hydrogens is 264 g/mol. The van der Waals surface area contributed by atoms with Crippen molar-refractivity contribution in [2.75, 3.05) is 31.9 Å². The maximum absolute atomic E-state index is 3.66. The predicted octanol–water partition coefficient (Wildman–Crippen LogP) is 3.62. The molecule has 0 aromatic carbocycles. The van der Waals surface area contributed by atoms with E-state index in [0.29, 0.717) is 5.41 Å². The minimum atomic E-state index is 0.531. The molecule has 1 N–H and O–H groups in total. The molecule has 2 fully saturated rings. The molecule has 0 aromatic heterocycles. The Bertz CT molecular complexity index is 297. The van der Waals surface area contributed by atoms with E-state index in [9.17, 15) is 0 Å². The van der Waals surface area contributed by atoms with Gasteiger partial charge in [0.05, 0.1) is 0 Å². The van der Waals surface area contributed by atoms with Crippen LogP contribution in [0.5, 0.6) is 0 Å². The van der Waals surface area contributed by atoms with Crippen molar-refractivity contribution < 1.29 is 0 Å². The predicted molar refractivity (Wildman–Crippen MR) is 91.6 cm³/mol. The molecule has 4 unspecified atom stereocenters. The molecule has 2 nitrogen and oxygen atoms in total. The van der Waals surface area contributed by atoms with Crippen LogP contribution in [0.15, 0.2) is 0 Å².